The summed E-state index contributed by atoms with van der Waals surface area (Å²) >= 11 is 0. The topological polar surface area (TPSA) is 269 Å². The van der Waals surface area contributed by atoms with Crippen LogP contribution in [0.2, 0.25) is 0 Å². The molecule has 0 aromatic rings. The highest BCUT2D eigenvalue weighted by atomic mass is 16.6. The first-order valence-electron chi connectivity index (χ1n) is 19.6. The lowest BCUT2D eigenvalue weighted by atomic mass is 9.74. The van der Waals surface area contributed by atoms with Gasteiger partial charge in [0.25, 0.3) is 0 Å². The third kappa shape index (κ3) is 6.06. The van der Waals surface area contributed by atoms with Crippen LogP contribution in [-0.4, -0.2) is 93.2 Å². The molecule has 5 aliphatic heterocycles. The first-order valence-corrected chi connectivity index (χ1v) is 19.6. The number of hydrogen-bond acceptors (Lipinski definition) is 16. The summed E-state index contributed by atoms with van der Waals surface area (Å²) in [5.74, 6) is 0.284. The minimum Gasteiger partial charge on any atom is -0.286 e. The fourth-order valence-corrected chi connectivity index (χ4v) is 12.7. The van der Waals surface area contributed by atoms with E-state index in [1.54, 1.807) is 0 Å². The summed E-state index contributed by atoms with van der Waals surface area (Å²) in [6, 6.07) is -2.53. The van der Waals surface area contributed by atoms with Gasteiger partial charge in [-0.15, -0.1) is 0 Å². The number of rotatable bonds is 4. The second-order valence-electron chi connectivity index (χ2n) is 17.5. The summed E-state index contributed by atoms with van der Waals surface area (Å²) in [5, 5.41) is 78.7. The van der Waals surface area contributed by atoms with Gasteiger partial charge in [-0.05, 0) is 73.0 Å². The molecule has 0 radical (unpaired) electrons. The Morgan fingerprint density at radius 1 is 0.288 bits per heavy atom. The number of nitrogens with zero attached hydrogens (tertiary/aromatic N) is 4. The van der Waals surface area contributed by atoms with Crippen LogP contribution in [0.25, 0.3) is 0 Å². The van der Waals surface area contributed by atoms with E-state index in [0.717, 1.165) is 0 Å². The lowest BCUT2D eigenvalue weighted by molar-refractivity contribution is -0.529. The van der Waals surface area contributed by atoms with E-state index in [-0.39, 0.29) is 116 Å². The van der Waals surface area contributed by atoms with Gasteiger partial charge in [-0.3, -0.25) is 83.0 Å². The molecule has 0 aromatic heterocycles. The maximum absolute atomic E-state index is 12.0. The average Bonchev–Trinajstić information content (AvgIpc) is 3.85. The first kappa shape index (κ1) is 35.0. The smallest absolute Gasteiger partial charge is 0.213 e. The molecular formula is C32H52N12O8. The van der Waals surface area contributed by atoms with Crippen molar-refractivity contribution < 1.29 is 19.7 Å². The minimum atomic E-state index is -0.644. The average molecular weight is 733 g/mol. The zero-order valence-corrected chi connectivity index (χ0v) is 29.1. The molecule has 5 heterocycles. The van der Waals surface area contributed by atoms with Gasteiger partial charge in [-0.2, -0.15) is 0 Å². The Morgan fingerprint density at radius 2 is 0.462 bits per heavy atom. The van der Waals surface area contributed by atoms with Gasteiger partial charge in [-0.25, -0.2) is 0 Å². The summed E-state index contributed by atoms with van der Waals surface area (Å²) in [4.78, 5) is 47.5. The van der Waals surface area contributed by atoms with Crippen LogP contribution in [-0.2, 0) is 0 Å². The third-order valence-electron chi connectivity index (χ3n) is 15.2. The summed E-state index contributed by atoms with van der Waals surface area (Å²) < 4.78 is 0. The monoisotopic (exact) mass is 732 g/mol. The quantitative estimate of drug-likeness (QED) is 0.135. The Morgan fingerprint density at radius 3 is 0.635 bits per heavy atom. The van der Waals surface area contributed by atoms with Crippen molar-refractivity contribution in [2.24, 2.45) is 47.3 Å². The molecule has 9 aliphatic rings. The van der Waals surface area contributed by atoms with Gasteiger partial charge in [-0.1, -0.05) is 0 Å². The van der Waals surface area contributed by atoms with E-state index in [2.05, 4.69) is 42.5 Å². The predicted molar refractivity (Wildman–Crippen MR) is 182 cm³/mol. The predicted octanol–water partition coefficient (Wildman–Crippen LogP) is -0.374. The van der Waals surface area contributed by atoms with Gasteiger partial charge in [0.15, 0.2) is 0 Å². The van der Waals surface area contributed by atoms with Crippen LogP contribution in [0.1, 0.15) is 77.0 Å². The SMILES string of the molecule is O=[N+]([O-])C1CCC2C3NC4NC(NC5NC(NC6NC(NC(N3)C2C1)C1CCC([N+](=O)[O-])CC61)C1CCC([N+](=O)[O-])CC51)C1CC([N+](=O)[O-])CCC41. The van der Waals surface area contributed by atoms with Crippen molar-refractivity contribution in [1.29, 1.82) is 0 Å². The van der Waals surface area contributed by atoms with Crippen molar-refractivity contribution in [2.75, 3.05) is 0 Å². The Bertz CT molecular complexity index is 1450. The van der Waals surface area contributed by atoms with Crippen LogP contribution in [0.15, 0.2) is 0 Å². The summed E-state index contributed by atoms with van der Waals surface area (Å²) in [7, 11) is 0. The molecule has 9 fully saturated rings. The molecule has 20 nitrogen and oxygen atoms in total. The fourth-order valence-electron chi connectivity index (χ4n) is 12.7. The van der Waals surface area contributed by atoms with Crippen molar-refractivity contribution in [3.63, 3.8) is 0 Å². The van der Waals surface area contributed by atoms with Crippen LogP contribution >= 0.6 is 0 Å². The van der Waals surface area contributed by atoms with Gasteiger partial charge in [0.1, 0.15) is 0 Å². The molecule has 0 aromatic carbocycles. The fraction of sp³-hybridized carbons (Fsp3) is 1.00. The zero-order valence-electron chi connectivity index (χ0n) is 29.1. The van der Waals surface area contributed by atoms with Crippen LogP contribution in [0.4, 0.5) is 0 Å². The molecule has 8 bridgehead atoms. The number of hydrogen-bond donors (Lipinski definition) is 8. The number of nitro groups is 4. The van der Waals surface area contributed by atoms with Gasteiger partial charge < -0.3 is 0 Å². The maximum atomic E-state index is 12.0. The summed E-state index contributed by atoms with van der Waals surface area (Å²) in [6.45, 7) is 0. The van der Waals surface area contributed by atoms with E-state index in [9.17, 15) is 40.5 Å². The van der Waals surface area contributed by atoms with E-state index in [0.29, 0.717) is 77.0 Å². The van der Waals surface area contributed by atoms with E-state index in [1.807, 2.05) is 0 Å². The Kier molecular flexibility index (Phi) is 9.12. The largest absolute Gasteiger partial charge is 0.286 e. The second kappa shape index (κ2) is 13.5. The van der Waals surface area contributed by atoms with Crippen LogP contribution in [0, 0.1) is 87.8 Å². The third-order valence-corrected chi connectivity index (χ3v) is 15.2. The van der Waals surface area contributed by atoms with Gasteiger partial charge in [0, 0.05) is 71.1 Å². The highest BCUT2D eigenvalue weighted by Crippen LogP contribution is 2.46. The molecule has 4 aliphatic carbocycles. The number of fused-ring (bicyclic) bond motifs is 20. The van der Waals surface area contributed by atoms with Crippen LogP contribution < -0.4 is 42.5 Å². The molecule has 5 saturated heterocycles. The molecule has 20 heteroatoms. The van der Waals surface area contributed by atoms with E-state index >= 15 is 0 Å². The van der Waals surface area contributed by atoms with Crippen molar-refractivity contribution in [2.45, 2.75) is 151 Å². The maximum Gasteiger partial charge on any atom is 0.213 e. The standard InChI is InChI=1S/C32H52N12O8/c45-41(46)13-1-5-17-21(9-13)29-34-25(17)33-26-18-6-2-15(43(49)50)11-23(18)31(35-26)40-32-24-12-16(44(51)52)4-8-20(24)28(39-32)38-30-22-10-14(42(47)48)3-7-19(22)27(36-29)37-30/h13-40H,1-12H2. The minimum absolute atomic E-state index is 0.00809. The zero-order chi connectivity index (χ0) is 36.0. The molecule has 0 spiro atoms. The van der Waals surface area contributed by atoms with Crippen molar-refractivity contribution in [3.8, 4) is 0 Å². The van der Waals surface area contributed by atoms with E-state index in [4.69, 9.17) is 0 Å². The van der Waals surface area contributed by atoms with Gasteiger partial charge in [0.05, 0.1) is 49.3 Å². The van der Waals surface area contributed by atoms with Crippen LogP contribution in [0.5, 0.6) is 0 Å². The number of nitrogens with one attached hydrogen (secondary N) is 8. The molecule has 20 atom stereocenters. The van der Waals surface area contributed by atoms with E-state index in [1.165, 1.54) is 0 Å². The van der Waals surface area contributed by atoms with Crippen molar-refractivity contribution in [3.05, 3.63) is 40.5 Å². The first-order chi connectivity index (χ1) is 25.0. The molecular weight excluding hydrogens is 680 g/mol. The van der Waals surface area contributed by atoms with Gasteiger partial charge in [0.2, 0.25) is 24.2 Å². The summed E-state index contributed by atoms with van der Waals surface area (Å²) in [5.41, 5.74) is 0. The van der Waals surface area contributed by atoms with Gasteiger partial charge >= 0.3 is 0 Å². The van der Waals surface area contributed by atoms with E-state index < -0.39 is 24.2 Å². The van der Waals surface area contributed by atoms with Crippen LogP contribution in [0.3, 0.4) is 0 Å². The van der Waals surface area contributed by atoms with Crippen molar-refractivity contribution >= 4 is 0 Å². The molecule has 52 heavy (non-hydrogen) atoms. The molecule has 0 amide bonds. The molecule has 288 valence electrons. The Labute approximate surface area is 300 Å². The lowest BCUT2D eigenvalue weighted by Gasteiger charge is -2.36. The Hall–Kier alpha value is -2.72. The molecule has 4 saturated carbocycles. The van der Waals surface area contributed by atoms with Crippen molar-refractivity contribution in [1.82, 2.24) is 42.5 Å². The highest BCUT2D eigenvalue weighted by molar-refractivity contribution is 5.09. The molecule has 20 unspecified atom stereocenters. The highest BCUT2D eigenvalue weighted by Gasteiger charge is 2.58. The molecule has 9 rings (SSSR count). The summed E-state index contributed by atoms with van der Waals surface area (Å²) in [6.07, 6.45) is 4.66. The lowest BCUT2D eigenvalue weighted by Crippen LogP contribution is -2.61. The molecule has 8 N–H and O–H groups in total. The second-order valence-corrected chi connectivity index (χ2v) is 17.5. The Balaban J connectivity index is 1.06. The normalized spacial score (nSPS) is 52.5.